The fraction of sp³-hybridized carbons (Fsp3) is 0.500. The van der Waals surface area contributed by atoms with Gasteiger partial charge in [0.2, 0.25) is 0 Å². The molecule has 1 saturated carbocycles. The highest BCUT2D eigenvalue weighted by Crippen LogP contribution is 2.33. The van der Waals surface area contributed by atoms with Crippen LogP contribution in [-0.2, 0) is 0 Å². The fourth-order valence-electron chi connectivity index (χ4n) is 2.37. The molecule has 7 heteroatoms. The molecule has 1 aliphatic carbocycles. The van der Waals surface area contributed by atoms with Crippen molar-refractivity contribution in [2.24, 2.45) is 5.73 Å². The van der Waals surface area contributed by atoms with Gasteiger partial charge in [-0.2, -0.15) is 0 Å². The lowest BCUT2D eigenvalue weighted by Gasteiger charge is -2.37. The summed E-state index contributed by atoms with van der Waals surface area (Å²) in [6, 6.07) is 1.81. The molecule has 2 rings (SSSR count). The average molecular weight is 426 g/mol. The first-order chi connectivity index (χ1) is 8.94. The van der Waals surface area contributed by atoms with E-state index in [1.165, 1.54) is 17.8 Å². The van der Waals surface area contributed by atoms with E-state index in [1.807, 2.05) is 0 Å². The van der Waals surface area contributed by atoms with E-state index >= 15 is 0 Å². The molecule has 0 unspecified atom stereocenters. The Morgan fingerprint density at radius 3 is 2.47 bits per heavy atom. The summed E-state index contributed by atoms with van der Waals surface area (Å²) in [7, 11) is 0. The van der Waals surface area contributed by atoms with E-state index in [0.717, 1.165) is 33.3 Å². The van der Waals surface area contributed by atoms with Crippen LogP contribution in [0, 0.1) is 0 Å². The van der Waals surface area contributed by atoms with Crippen LogP contribution in [0.1, 0.15) is 42.5 Å². The molecule has 1 amide bonds. The predicted octanol–water partition coefficient (Wildman–Crippen LogP) is 3.99. The van der Waals surface area contributed by atoms with Crippen LogP contribution < -0.4 is 11.1 Å². The minimum absolute atomic E-state index is 0.122. The topological polar surface area (TPSA) is 55.1 Å². The Kier molecular flexibility index (Phi) is 5.03. The molecule has 3 nitrogen and oxygen atoms in total. The van der Waals surface area contributed by atoms with E-state index < -0.39 is 5.54 Å². The summed E-state index contributed by atoms with van der Waals surface area (Å²) in [5.74, 6) is -0.122. The van der Waals surface area contributed by atoms with Gasteiger partial charge in [0.25, 0.3) is 5.91 Å². The first-order valence-electron chi connectivity index (χ1n) is 6.02. The van der Waals surface area contributed by atoms with Crippen LogP contribution >= 0.6 is 55.4 Å². The van der Waals surface area contributed by atoms with Gasteiger partial charge in [0.1, 0.15) is 0 Å². The zero-order chi connectivity index (χ0) is 14.0. The van der Waals surface area contributed by atoms with Crippen molar-refractivity contribution in [3.8, 4) is 0 Å². The van der Waals surface area contributed by atoms with Gasteiger partial charge in [-0.05, 0) is 50.8 Å². The number of nitrogens with one attached hydrogen (secondary N) is 1. The standard InChI is InChI=1S/C12H14Br2N2OS2/c13-8-6-7(9(14)19-8)10(17)16-12(11(15)18)4-2-1-3-5-12/h6H,1-5H2,(H2,15,18)(H,16,17). The van der Waals surface area contributed by atoms with Gasteiger partial charge in [-0.3, -0.25) is 4.79 Å². The van der Waals surface area contributed by atoms with Crippen LogP contribution in [0.4, 0.5) is 0 Å². The second-order valence-corrected chi connectivity index (χ2v) is 8.89. The number of hydrogen-bond acceptors (Lipinski definition) is 3. The molecule has 19 heavy (non-hydrogen) atoms. The summed E-state index contributed by atoms with van der Waals surface area (Å²) in [4.78, 5) is 12.8. The van der Waals surface area contributed by atoms with Crippen molar-refractivity contribution < 1.29 is 4.79 Å². The number of rotatable bonds is 3. The third kappa shape index (κ3) is 3.37. The molecule has 1 aliphatic rings. The van der Waals surface area contributed by atoms with E-state index in [2.05, 4.69) is 37.2 Å². The van der Waals surface area contributed by atoms with Gasteiger partial charge >= 0.3 is 0 Å². The molecule has 1 heterocycles. The van der Waals surface area contributed by atoms with E-state index in [9.17, 15) is 4.79 Å². The molecule has 1 aromatic rings. The van der Waals surface area contributed by atoms with Crippen molar-refractivity contribution in [2.75, 3.05) is 0 Å². The number of amides is 1. The van der Waals surface area contributed by atoms with E-state index in [0.29, 0.717) is 10.6 Å². The summed E-state index contributed by atoms with van der Waals surface area (Å²) in [6.45, 7) is 0. The van der Waals surface area contributed by atoms with Crippen LogP contribution in [0.5, 0.6) is 0 Å². The zero-order valence-electron chi connectivity index (χ0n) is 10.2. The highest BCUT2D eigenvalue weighted by molar-refractivity contribution is 9.12. The third-order valence-corrected chi connectivity index (χ3v) is 6.16. The Labute approximate surface area is 138 Å². The van der Waals surface area contributed by atoms with Crippen molar-refractivity contribution in [1.82, 2.24) is 5.32 Å². The van der Waals surface area contributed by atoms with E-state index in [4.69, 9.17) is 18.0 Å². The highest BCUT2D eigenvalue weighted by Gasteiger charge is 2.37. The molecular formula is C12H14Br2N2OS2. The number of carbonyl (C=O) groups excluding carboxylic acids is 1. The number of thiophene rings is 1. The van der Waals surface area contributed by atoms with Crippen LogP contribution in [-0.4, -0.2) is 16.4 Å². The number of nitrogens with two attached hydrogens (primary N) is 1. The van der Waals surface area contributed by atoms with Crippen LogP contribution in [0.15, 0.2) is 13.6 Å². The van der Waals surface area contributed by atoms with Crippen LogP contribution in [0.2, 0.25) is 0 Å². The molecule has 0 radical (unpaired) electrons. The Morgan fingerprint density at radius 2 is 2.00 bits per heavy atom. The lowest BCUT2D eigenvalue weighted by Crippen LogP contribution is -2.57. The van der Waals surface area contributed by atoms with Crippen LogP contribution in [0.3, 0.4) is 0 Å². The molecule has 104 valence electrons. The lowest BCUT2D eigenvalue weighted by atomic mass is 9.81. The molecule has 1 aromatic heterocycles. The van der Waals surface area contributed by atoms with Gasteiger partial charge < -0.3 is 11.1 Å². The molecule has 3 N–H and O–H groups in total. The number of thiocarbonyl (C=S) groups is 1. The van der Waals surface area contributed by atoms with Gasteiger partial charge in [0.15, 0.2) is 0 Å². The zero-order valence-corrected chi connectivity index (χ0v) is 15.0. The maximum absolute atomic E-state index is 12.4. The van der Waals surface area contributed by atoms with Gasteiger partial charge in [-0.25, -0.2) is 0 Å². The first kappa shape index (κ1) is 15.4. The normalized spacial score (nSPS) is 18.0. The largest absolute Gasteiger partial charge is 0.391 e. The smallest absolute Gasteiger partial charge is 0.254 e. The quantitative estimate of drug-likeness (QED) is 0.719. The summed E-state index contributed by atoms with van der Waals surface area (Å²) in [6.07, 6.45) is 4.93. The molecule has 0 saturated heterocycles. The van der Waals surface area contributed by atoms with E-state index in [-0.39, 0.29) is 5.91 Å². The molecular weight excluding hydrogens is 412 g/mol. The van der Waals surface area contributed by atoms with Crippen LogP contribution in [0.25, 0.3) is 0 Å². The minimum atomic E-state index is -0.515. The van der Waals surface area contributed by atoms with Crippen molar-refractivity contribution in [1.29, 1.82) is 0 Å². The monoisotopic (exact) mass is 424 g/mol. The first-order valence-corrected chi connectivity index (χ1v) is 8.83. The maximum atomic E-state index is 12.4. The molecule has 0 atom stereocenters. The van der Waals surface area contributed by atoms with Gasteiger partial charge in [0.05, 0.1) is 23.7 Å². The van der Waals surface area contributed by atoms with E-state index in [1.54, 1.807) is 6.07 Å². The molecule has 0 spiro atoms. The molecule has 0 aliphatic heterocycles. The van der Waals surface area contributed by atoms with Gasteiger partial charge in [-0.1, -0.05) is 31.5 Å². The Hall–Kier alpha value is 0.0200. The van der Waals surface area contributed by atoms with Crippen molar-refractivity contribution in [3.05, 3.63) is 19.2 Å². The van der Waals surface area contributed by atoms with Gasteiger partial charge in [-0.15, -0.1) is 11.3 Å². The van der Waals surface area contributed by atoms with Crippen molar-refractivity contribution >= 4 is 66.3 Å². The Balaban J connectivity index is 2.20. The van der Waals surface area contributed by atoms with Gasteiger partial charge in [0, 0.05) is 0 Å². The summed E-state index contributed by atoms with van der Waals surface area (Å²) < 4.78 is 1.73. The van der Waals surface area contributed by atoms with Crippen molar-refractivity contribution in [2.45, 2.75) is 37.6 Å². The Morgan fingerprint density at radius 1 is 1.37 bits per heavy atom. The molecule has 0 aromatic carbocycles. The predicted molar refractivity (Wildman–Crippen MR) is 89.8 cm³/mol. The second-order valence-electron chi connectivity index (χ2n) is 4.70. The average Bonchev–Trinajstić information content (AvgIpc) is 2.69. The minimum Gasteiger partial charge on any atom is -0.391 e. The number of carbonyl (C=O) groups is 1. The summed E-state index contributed by atoms with van der Waals surface area (Å²) in [5, 5.41) is 3.05. The third-order valence-electron chi connectivity index (χ3n) is 3.43. The lowest BCUT2D eigenvalue weighted by molar-refractivity contribution is 0.0908. The second kappa shape index (κ2) is 6.20. The number of hydrogen-bond donors (Lipinski definition) is 2. The highest BCUT2D eigenvalue weighted by atomic mass is 79.9. The van der Waals surface area contributed by atoms with Crippen molar-refractivity contribution in [3.63, 3.8) is 0 Å². The number of halogens is 2. The summed E-state index contributed by atoms with van der Waals surface area (Å²) >= 11 is 13.4. The molecule has 1 fully saturated rings. The Bertz CT molecular complexity index is 510. The molecule has 0 bridgehead atoms. The fourth-order valence-corrected chi connectivity index (χ4v) is 5.42. The summed E-state index contributed by atoms with van der Waals surface area (Å²) in [5.41, 5.74) is 5.98. The maximum Gasteiger partial charge on any atom is 0.254 e. The SMILES string of the molecule is NC(=S)C1(NC(=O)c2cc(Br)sc2Br)CCCCC1.